The Kier molecular flexibility index (Phi) is 4.89. The van der Waals surface area contributed by atoms with E-state index in [0.29, 0.717) is 13.2 Å². The Balaban J connectivity index is 2.07. The summed E-state index contributed by atoms with van der Waals surface area (Å²) in [5.41, 5.74) is -0.784. The molecule has 0 aliphatic carbocycles. The zero-order valence-corrected chi connectivity index (χ0v) is 10.4. The normalized spacial score (nSPS) is 23.9. The van der Waals surface area contributed by atoms with E-state index in [-0.39, 0.29) is 25.1 Å². The smallest absolute Gasteiger partial charge is 0.340 e. The van der Waals surface area contributed by atoms with Crippen molar-refractivity contribution in [1.82, 2.24) is 0 Å². The van der Waals surface area contributed by atoms with E-state index in [9.17, 15) is 9.59 Å². The molecule has 98 valence electrons. The van der Waals surface area contributed by atoms with Crippen LogP contribution in [0.1, 0.15) is 13.8 Å². The maximum Gasteiger partial charge on any atom is 0.340 e. The third kappa shape index (κ3) is 4.32. The predicted octanol–water partition coefficient (Wildman–Crippen LogP) is 0.144. The van der Waals surface area contributed by atoms with Crippen LogP contribution in [0, 0.1) is 5.92 Å². The number of epoxide rings is 1. The summed E-state index contributed by atoms with van der Waals surface area (Å²) in [4.78, 5) is 22.6. The quantitative estimate of drug-likeness (QED) is 0.361. The second kappa shape index (κ2) is 5.97. The number of esters is 2. The SMILES string of the molecule is COCC(C)C(=O)OCCOC(=O)C1(C)CO1. The molecular weight excluding hydrogens is 228 g/mol. The average molecular weight is 246 g/mol. The predicted molar refractivity (Wildman–Crippen MR) is 57.3 cm³/mol. The van der Waals surface area contributed by atoms with Gasteiger partial charge in [-0.2, -0.15) is 0 Å². The Morgan fingerprint density at radius 1 is 1.35 bits per heavy atom. The Labute approximate surface area is 100 Å². The zero-order valence-electron chi connectivity index (χ0n) is 10.4. The van der Waals surface area contributed by atoms with Crippen molar-refractivity contribution in [3.63, 3.8) is 0 Å². The highest BCUT2D eigenvalue weighted by atomic mass is 16.6. The number of hydrogen-bond donors (Lipinski definition) is 0. The first-order chi connectivity index (χ1) is 7.99. The first kappa shape index (κ1) is 13.9. The first-order valence-corrected chi connectivity index (χ1v) is 5.46. The standard InChI is InChI=1S/C11H18O6/c1-8(6-14-3)9(12)15-4-5-16-10(13)11(2)7-17-11/h8H,4-7H2,1-3H3. The summed E-state index contributed by atoms with van der Waals surface area (Å²) in [6, 6.07) is 0. The molecule has 1 saturated heterocycles. The number of methoxy groups -OCH3 is 1. The summed E-state index contributed by atoms with van der Waals surface area (Å²) in [5, 5.41) is 0. The molecule has 0 aromatic rings. The van der Waals surface area contributed by atoms with E-state index < -0.39 is 11.6 Å². The van der Waals surface area contributed by atoms with E-state index in [0.717, 1.165) is 0 Å². The molecule has 1 rings (SSSR count). The van der Waals surface area contributed by atoms with Crippen LogP contribution in [0.15, 0.2) is 0 Å². The van der Waals surface area contributed by atoms with Gasteiger partial charge in [-0.3, -0.25) is 4.79 Å². The molecule has 0 amide bonds. The van der Waals surface area contributed by atoms with Crippen LogP contribution >= 0.6 is 0 Å². The van der Waals surface area contributed by atoms with Crippen molar-refractivity contribution in [3.05, 3.63) is 0 Å². The van der Waals surface area contributed by atoms with Gasteiger partial charge < -0.3 is 18.9 Å². The van der Waals surface area contributed by atoms with Crippen molar-refractivity contribution >= 4 is 11.9 Å². The van der Waals surface area contributed by atoms with Crippen molar-refractivity contribution in [2.45, 2.75) is 19.4 Å². The summed E-state index contributed by atoms with van der Waals surface area (Å²) < 4.78 is 19.5. The summed E-state index contributed by atoms with van der Waals surface area (Å²) in [6.07, 6.45) is 0. The van der Waals surface area contributed by atoms with Crippen LogP contribution in [0.3, 0.4) is 0 Å². The van der Waals surface area contributed by atoms with Crippen LogP contribution in [-0.2, 0) is 28.5 Å². The van der Waals surface area contributed by atoms with Gasteiger partial charge in [0, 0.05) is 7.11 Å². The van der Waals surface area contributed by atoms with Crippen molar-refractivity contribution in [1.29, 1.82) is 0 Å². The molecule has 0 spiro atoms. The summed E-state index contributed by atoms with van der Waals surface area (Å²) in [5.74, 6) is -1.10. The number of hydrogen-bond acceptors (Lipinski definition) is 6. The van der Waals surface area contributed by atoms with Crippen LogP contribution < -0.4 is 0 Å². The molecule has 1 aliphatic heterocycles. The van der Waals surface area contributed by atoms with E-state index in [2.05, 4.69) is 0 Å². The minimum absolute atomic E-state index is 0.0449. The molecule has 6 nitrogen and oxygen atoms in total. The van der Waals surface area contributed by atoms with E-state index in [4.69, 9.17) is 18.9 Å². The molecule has 0 aromatic carbocycles. The molecule has 0 radical (unpaired) electrons. The molecule has 2 unspecified atom stereocenters. The molecule has 0 saturated carbocycles. The van der Waals surface area contributed by atoms with E-state index >= 15 is 0 Å². The summed E-state index contributed by atoms with van der Waals surface area (Å²) in [6.45, 7) is 4.15. The first-order valence-electron chi connectivity index (χ1n) is 5.46. The van der Waals surface area contributed by atoms with Gasteiger partial charge in [-0.05, 0) is 13.8 Å². The van der Waals surface area contributed by atoms with Crippen LogP contribution in [-0.4, -0.2) is 51.1 Å². The monoisotopic (exact) mass is 246 g/mol. The molecule has 17 heavy (non-hydrogen) atoms. The van der Waals surface area contributed by atoms with Gasteiger partial charge in [-0.15, -0.1) is 0 Å². The van der Waals surface area contributed by atoms with Gasteiger partial charge in [0.15, 0.2) is 5.60 Å². The Morgan fingerprint density at radius 2 is 1.94 bits per heavy atom. The molecule has 0 aromatic heterocycles. The lowest BCUT2D eigenvalue weighted by atomic mass is 10.2. The Morgan fingerprint density at radius 3 is 2.47 bits per heavy atom. The molecule has 1 heterocycles. The number of rotatable bonds is 7. The van der Waals surface area contributed by atoms with Crippen molar-refractivity contribution in [3.8, 4) is 0 Å². The fourth-order valence-electron chi connectivity index (χ4n) is 1.12. The number of ether oxygens (including phenoxy) is 4. The summed E-state index contributed by atoms with van der Waals surface area (Å²) >= 11 is 0. The van der Waals surface area contributed by atoms with Gasteiger partial charge in [-0.1, -0.05) is 0 Å². The van der Waals surface area contributed by atoms with Crippen LogP contribution in [0.5, 0.6) is 0 Å². The zero-order chi connectivity index (χ0) is 12.9. The largest absolute Gasteiger partial charge is 0.462 e. The van der Waals surface area contributed by atoms with Crippen LogP contribution in [0.25, 0.3) is 0 Å². The Hall–Kier alpha value is -1.14. The van der Waals surface area contributed by atoms with Gasteiger partial charge in [-0.25, -0.2) is 4.79 Å². The highest BCUT2D eigenvalue weighted by Crippen LogP contribution is 2.27. The third-order valence-corrected chi connectivity index (χ3v) is 2.39. The minimum atomic E-state index is -0.784. The van der Waals surface area contributed by atoms with Crippen molar-refractivity contribution in [2.75, 3.05) is 33.5 Å². The second-order valence-corrected chi connectivity index (χ2v) is 4.18. The van der Waals surface area contributed by atoms with Crippen LogP contribution in [0.2, 0.25) is 0 Å². The van der Waals surface area contributed by atoms with Gasteiger partial charge >= 0.3 is 11.9 Å². The molecule has 1 aliphatic rings. The number of carbonyl (C=O) groups is 2. The van der Waals surface area contributed by atoms with Gasteiger partial charge in [0.2, 0.25) is 0 Å². The van der Waals surface area contributed by atoms with Crippen molar-refractivity contribution < 1.29 is 28.5 Å². The van der Waals surface area contributed by atoms with Crippen molar-refractivity contribution in [2.24, 2.45) is 5.92 Å². The number of carbonyl (C=O) groups excluding carboxylic acids is 2. The third-order valence-electron chi connectivity index (χ3n) is 2.39. The van der Waals surface area contributed by atoms with Gasteiger partial charge in [0.05, 0.1) is 19.1 Å². The maximum absolute atomic E-state index is 11.3. The fourth-order valence-corrected chi connectivity index (χ4v) is 1.12. The average Bonchev–Trinajstić information content (AvgIpc) is 3.03. The van der Waals surface area contributed by atoms with Gasteiger partial charge in [0.1, 0.15) is 13.2 Å². The molecular formula is C11H18O6. The summed E-state index contributed by atoms with van der Waals surface area (Å²) in [7, 11) is 1.52. The van der Waals surface area contributed by atoms with E-state index in [1.807, 2.05) is 0 Å². The van der Waals surface area contributed by atoms with Crippen LogP contribution in [0.4, 0.5) is 0 Å². The molecule has 0 bridgehead atoms. The highest BCUT2D eigenvalue weighted by molar-refractivity contribution is 5.81. The maximum atomic E-state index is 11.3. The lowest BCUT2D eigenvalue weighted by molar-refractivity contribution is -0.158. The molecule has 6 heteroatoms. The fraction of sp³-hybridized carbons (Fsp3) is 0.818. The molecule has 1 fully saturated rings. The van der Waals surface area contributed by atoms with E-state index in [1.165, 1.54) is 7.11 Å². The minimum Gasteiger partial charge on any atom is -0.462 e. The topological polar surface area (TPSA) is 74.4 Å². The lowest BCUT2D eigenvalue weighted by Crippen LogP contribution is -2.26. The lowest BCUT2D eigenvalue weighted by Gasteiger charge is -2.11. The molecule has 2 atom stereocenters. The Bertz CT molecular complexity index is 284. The van der Waals surface area contributed by atoms with E-state index in [1.54, 1.807) is 13.8 Å². The van der Waals surface area contributed by atoms with Gasteiger partial charge in [0.25, 0.3) is 0 Å². The molecule has 0 N–H and O–H groups in total. The highest BCUT2D eigenvalue weighted by Gasteiger charge is 2.48. The second-order valence-electron chi connectivity index (χ2n) is 4.18.